The number of aromatic nitrogens is 2. The van der Waals surface area contributed by atoms with Gasteiger partial charge in [-0.2, -0.15) is 4.98 Å². The number of hydrogen-bond donors (Lipinski definition) is 2. The van der Waals surface area contributed by atoms with Crippen molar-refractivity contribution < 1.29 is 23.9 Å². The molecule has 1 atom stereocenters. The number of carbonyl (C=O) groups excluding carboxylic acids is 1. The number of nitrogens with zero attached hydrogens (tertiary/aromatic N) is 3. The van der Waals surface area contributed by atoms with E-state index in [0.717, 1.165) is 5.56 Å². The third kappa shape index (κ3) is 4.41. The lowest BCUT2D eigenvalue weighted by Gasteiger charge is -2.36. The van der Waals surface area contributed by atoms with Crippen molar-refractivity contribution >= 4 is 11.6 Å². The summed E-state index contributed by atoms with van der Waals surface area (Å²) in [6, 6.07) is 11.5. The van der Waals surface area contributed by atoms with Gasteiger partial charge in [0.15, 0.2) is 11.5 Å². The van der Waals surface area contributed by atoms with E-state index in [1.807, 2.05) is 45.0 Å². The van der Waals surface area contributed by atoms with Gasteiger partial charge < -0.3 is 24.4 Å². The maximum absolute atomic E-state index is 13.0. The summed E-state index contributed by atoms with van der Waals surface area (Å²) in [5, 5.41) is 17.6. The van der Waals surface area contributed by atoms with Crippen molar-refractivity contribution in [3.63, 3.8) is 0 Å². The highest BCUT2D eigenvalue weighted by molar-refractivity contribution is 5.87. The molecule has 1 aliphatic heterocycles. The molecule has 9 heteroatoms. The second-order valence-electron chi connectivity index (χ2n) is 8.47. The van der Waals surface area contributed by atoms with Gasteiger partial charge in [0.25, 0.3) is 5.89 Å². The summed E-state index contributed by atoms with van der Waals surface area (Å²) < 4.78 is 16.2. The maximum atomic E-state index is 13.0. The van der Waals surface area contributed by atoms with Crippen LogP contribution in [0.15, 0.2) is 52.7 Å². The first-order valence-electron chi connectivity index (χ1n) is 11.0. The number of methoxy groups -OCH3 is 2. The molecule has 34 heavy (non-hydrogen) atoms. The number of benzene rings is 2. The van der Waals surface area contributed by atoms with Gasteiger partial charge in [-0.3, -0.25) is 4.90 Å². The Morgan fingerprint density at radius 1 is 1.18 bits per heavy atom. The summed E-state index contributed by atoms with van der Waals surface area (Å²) in [4.78, 5) is 19.3. The molecule has 0 bridgehead atoms. The average molecular weight is 465 g/mol. The Balaban J connectivity index is 1.82. The van der Waals surface area contributed by atoms with Gasteiger partial charge in [-0.05, 0) is 42.7 Å². The van der Waals surface area contributed by atoms with Crippen molar-refractivity contribution in [2.75, 3.05) is 20.8 Å². The first-order valence-corrected chi connectivity index (χ1v) is 11.0. The molecule has 4 rings (SSSR count). The fourth-order valence-corrected chi connectivity index (χ4v) is 3.99. The number of rotatable bonds is 7. The Kier molecular flexibility index (Phi) is 6.45. The molecule has 0 aliphatic carbocycles. The molecule has 0 saturated carbocycles. The Hall–Kier alpha value is -4.01. The topological polar surface area (TPSA) is 110 Å². The van der Waals surface area contributed by atoms with Gasteiger partial charge >= 0.3 is 6.03 Å². The molecule has 1 unspecified atom stereocenters. The third-order valence-electron chi connectivity index (χ3n) is 5.66. The van der Waals surface area contributed by atoms with E-state index in [1.165, 1.54) is 7.11 Å². The van der Waals surface area contributed by atoms with Gasteiger partial charge in [-0.1, -0.05) is 37.2 Å². The number of aromatic hydroxyl groups is 1. The van der Waals surface area contributed by atoms with E-state index < -0.39 is 6.04 Å². The van der Waals surface area contributed by atoms with E-state index in [-0.39, 0.29) is 23.6 Å². The third-order valence-corrected chi connectivity index (χ3v) is 5.66. The van der Waals surface area contributed by atoms with Crippen LogP contribution < -0.4 is 14.8 Å². The zero-order valence-electron chi connectivity index (χ0n) is 19.8. The summed E-state index contributed by atoms with van der Waals surface area (Å²) in [7, 11) is 3.08. The van der Waals surface area contributed by atoms with E-state index in [4.69, 9.17) is 14.0 Å². The number of carbonyl (C=O) groups is 1. The molecule has 1 aliphatic rings. The number of urea groups is 1. The molecule has 1 aromatic heterocycles. The highest BCUT2D eigenvalue weighted by Crippen LogP contribution is 2.40. The van der Waals surface area contributed by atoms with Gasteiger partial charge in [-0.15, -0.1) is 0 Å². The molecule has 0 fully saturated rings. The minimum Gasteiger partial charge on any atom is -0.504 e. The SMILES string of the molecule is COc1cccc(-c2noc(C3=C(C)N(CC(C)C)C(=O)NC3c3ccc(OC)c(O)c3)n2)c1. The molecule has 0 saturated heterocycles. The number of hydrogen-bond acceptors (Lipinski definition) is 7. The van der Waals surface area contributed by atoms with Crippen LogP contribution in [0.25, 0.3) is 17.0 Å². The van der Waals surface area contributed by atoms with Crippen LogP contribution >= 0.6 is 0 Å². The fourth-order valence-electron chi connectivity index (χ4n) is 3.99. The highest BCUT2D eigenvalue weighted by Gasteiger charge is 2.36. The summed E-state index contributed by atoms with van der Waals surface area (Å²) in [5.74, 6) is 1.92. The standard InChI is InChI=1S/C25H28N4O5/c1-14(2)13-29-15(3)21(22(26-25(29)31)16-9-10-20(33-5)19(30)12-16)24-27-23(28-34-24)17-7-6-8-18(11-17)32-4/h6-12,14,22,30H,13H2,1-5H3,(H,26,31). The number of ether oxygens (including phenoxy) is 2. The lowest BCUT2D eigenvalue weighted by molar-refractivity contribution is 0.199. The van der Waals surface area contributed by atoms with E-state index in [0.29, 0.717) is 40.7 Å². The minimum absolute atomic E-state index is 0.0292. The lowest BCUT2D eigenvalue weighted by atomic mass is 9.94. The van der Waals surface area contributed by atoms with Crippen LogP contribution in [0.2, 0.25) is 0 Å². The van der Waals surface area contributed by atoms with Crippen LogP contribution in [-0.2, 0) is 0 Å². The zero-order chi connectivity index (χ0) is 24.4. The summed E-state index contributed by atoms with van der Waals surface area (Å²) in [6.07, 6.45) is 0. The number of amides is 2. The van der Waals surface area contributed by atoms with Crippen molar-refractivity contribution in [1.82, 2.24) is 20.4 Å². The summed E-state index contributed by atoms with van der Waals surface area (Å²) in [6.45, 7) is 6.48. The van der Waals surface area contributed by atoms with Crippen molar-refractivity contribution in [3.8, 4) is 28.6 Å². The van der Waals surface area contributed by atoms with Crippen molar-refractivity contribution in [3.05, 3.63) is 59.6 Å². The molecule has 2 heterocycles. The van der Waals surface area contributed by atoms with Gasteiger partial charge in [0, 0.05) is 17.8 Å². The Labute approximate surface area is 198 Å². The molecule has 178 valence electrons. The molecule has 9 nitrogen and oxygen atoms in total. The quantitative estimate of drug-likeness (QED) is 0.525. The fraction of sp³-hybridized carbons (Fsp3) is 0.320. The second kappa shape index (κ2) is 9.46. The van der Waals surface area contributed by atoms with E-state index in [2.05, 4.69) is 15.5 Å². The predicted molar refractivity (Wildman–Crippen MR) is 126 cm³/mol. The molecular formula is C25H28N4O5. The lowest BCUT2D eigenvalue weighted by Crippen LogP contribution is -2.47. The first kappa shape index (κ1) is 23.2. The van der Waals surface area contributed by atoms with Crippen LogP contribution in [0.5, 0.6) is 17.2 Å². The Morgan fingerprint density at radius 2 is 1.97 bits per heavy atom. The van der Waals surface area contributed by atoms with Gasteiger partial charge in [0.2, 0.25) is 5.82 Å². The molecule has 2 N–H and O–H groups in total. The van der Waals surface area contributed by atoms with E-state index in [9.17, 15) is 9.90 Å². The predicted octanol–water partition coefficient (Wildman–Crippen LogP) is 4.61. The Morgan fingerprint density at radius 3 is 2.65 bits per heavy atom. The van der Waals surface area contributed by atoms with E-state index in [1.54, 1.807) is 30.2 Å². The number of nitrogens with one attached hydrogen (secondary N) is 1. The number of allylic oxidation sites excluding steroid dienone is 1. The second-order valence-corrected chi connectivity index (χ2v) is 8.47. The van der Waals surface area contributed by atoms with Crippen LogP contribution in [0.3, 0.4) is 0 Å². The minimum atomic E-state index is -0.605. The largest absolute Gasteiger partial charge is 0.504 e. The van der Waals surface area contributed by atoms with Crippen molar-refractivity contribution in [2.45, 2.75) is 26.8 Å². The van der Waals surface area contributed by atoms with Crippen LogP contribution in [0.4, 0.5) is 4.79 Å². The van der Waals surface area contributed by atoms with Crippen LogP contribution in [0.1, 0.15) is 38.3 Å². The maximum Gasteiger partial charge on any atom is 0.322 e. The first-order chi connectivity index (χ1) is 16.3. The smallest absolute Gasteiger partial charge is 0.322 e. The molecular weight excluding hydrogens is 436 g/mol. The molecule has 0 spiro atoms. The summed E-state index contributed by atoms with van der Waals surface area (Å²) >= 11 is 0. The Bertz CT molecular complexity index is 1230. The number of phenolic OH excluding ortho intramolecular Hbond substituents is 1. The number of phenols is 1. The molecule has 3 aromatic rings. The van der Waals surface area contributed by atoms with Crippen LogP contribution in [0, 0.1) is 5.92 Å². The molecule has 2 amide bonds. The highest BCUT2D eigenvalue weighted by atomic mass is 16.5. The van der Waals surface area contributed by atoms with E-state index >= 15 is 0 Å². The monoisotopic (exact) mass is 464 g/mol. The molecule has 0 radical (unpaired) electrons. The van der Waals surface area contributed by atoms with Gasteiger partial charge in [0.1, 0.15) is 5.75 Å². The normalized spacial score (nSPS) is 16.1. The molecule has 2 aromatic carbocycles. The van der Waals surface area contributed by atoms with Crippen molar-refractivity contribution in [2.24, 2.45) is 5.92 Å². The van der Waals surface area contributed by atoms with Crippen LogP contribution in [-0.4, -0.2) is 46.9 Å². The van der Waals surface area contributed by atoms with Gasteiger partial charge in [0.05, 0.1) is 25.8 Å². The zero-order valence-corrected chi connectivity index (χ0v) is 19.8. The average Bonchev–Trinajstić information content (AvgIpc) is 3.31. The summed E-state index contributed by atoms with van der Waals surface area (Å²) in [5.41, 5.74) is 2.77. The van der Waals surface area contributed by atoms with Crippen molar-refractivity contribution in [1.29, 1.82) is 0 Å². The van der Waals surface area contributed by atoms with Gasteiger partial charge in [-0.25, -0.2) is 4.79 Å².